The zero-order chi connectivity index (χ0) is 11.4. The molecule has 0 saturated carbocycles. The first kappa shape index (κ1) is 11.0. The first-order valence-corrected chi connectivity index (χ1v) is 4.20. The highest BCUT2D eigenvalue weighted by molar-refractivity contribution is 5.92. The van der Waals surface area contributed by atoms with E-state index in [0.717, 1.165) is 12.1 Å². The van der Waals surface area contributed by atoms with Crippen LogP contribution in [0, 0.1) is 17.1 Å². The molecule has 1 aromatic carbocycles. The van der Waals surface area contributed by atoms with Crippen molar-refractivity contribution in [3.8, 4) is 11.8 Å². The molecule has 0 atom stereocenters. The number of hydrogen-bond donors (Lipinski definition) is 1. The van der Waals surface area contributed by atoms with Gasteiger partial charge in [-0.25, -0.2) is 9.18 Å². The number of carbonyl (C=O) groups excluding carboxylic acids is 1. The second-order valence-corrected chi connectivity index (χ2v) is 2.66. The Labute approximate surface area is 85.5 Å². The van der Waals surface area contributed by atoms with Crippen molar-refractivity contribution in [1.82, 2.24) is 0 Å². The maximum absolute atomic E-state index is 13.2. The minimum absolute atomic E-state index is 0.125. The maximum Gasteiger partial charge on any atom is 0.342 e. The fourth-order valence-electron chi connectivity index (χ4n) is 1.02. The fraction of sp³-hybridized carbons (Fsp3) is 0.200. The average Bonchev–Trinajstić information content (AvgIpc) is 2.22. The van der Waals surface area contributed by atoms with Crippen LogP contribution < -0.4 is 0 Å². The molecule has 0 aliphatic rings. The Morgan fingerprint density at radius 2 is 2.33 bits per heavy atom. The van der Waals surface area contributed by atoms with Crippen LogP contribution >= 0.6 is 0 Å². The number of esters is 1. The summed E-state index contributed by atoms with van der Waals surface area (Å²) in [5.41, 5.74) is -0.603. The van der Waals surface area contributed by atoms with Crippen molar-refractivity contribution in [2.24, 2.45) is 0 Å². The van der Waals surface area contributed by atoms with Gasteiger partial charge in [-0.05, 0) is 19.1 Å². The maximum atomic E-state index is 13.2. The normalized spacial score (nSPS) is 9.40. The minimum Gasteiger partial charge on any atom is -0.504 e. The van der Waals surface area contributed by atoms with E-state index in [-0.39, 0.29) is 17.7 Å². The zero-order valence-electron chi connectivity index (χ0n) is 7.95. The molecular weight excluding hydrogens is 201 g/mol. The van der Waals surface area contributed by atoms with Gasteiger partial charge < -0.3 is 9.84 Å². The third kappa shape index (κ3) is 2.05. The van der Waals surface area contributed by atoms with Crippen molar-refractivity contribution in [3.63, 3.8) is 0 Å². The number of phenolic OH excluding ortho intramolecular Hbond substituents is 1. The topological polar surface area (TPSA) is 70.3 Å². The van der Waals surface area contributed by atoms with Gasteiger partial charge in [0, 0.05) is 0 Å². The minimum atomic E-state index is -1.11. The van der Waals surface area contributed by atoms with E-state index in [0.29, 0.717) is 0 Å². The summed E-state index contributed by atoms with van der Waals surface area (Å²) in [4.78, 5) is 11.2. The Bertz CT molecular complexity index is 437. The Morgan fingerprint density at radius 3 is 2.87 bits per heavy atom. The molecule has 0 aliphatic heterocycles. The van der Waals surface area contributed by atoms with Crippen LogP contribution in [0.15, 0.2) is 12.1 Å². The summed E-state index contributed by atoms with van der Waals surface area (Å²) < 4.78 is 17.8. The standard InChI is InChI=1S/C10H8FNO3/c1-2-15-10(14)7-4-3-6(5-12)8(11)9(7)13/h3-4,13H,2H2,1H3. The smallest absolute Gasteiger partial charge is 0.342 e. The molecule has 0 spiro atoms. The molecule has 0 heterocycles. The summed E-state index contributed by atoms with van der Waals surface area (Å²) in [5.74, 6) is -2.78. The van der Waals surface area contributed by atoms with E-state index >= 15 is 0 Å². The molecule has 0 aliphatic carbocycles. The van der Waals surface area contributed by atoms with Crippen LogP contribution in [-0.2, 0) is 4.74 Å². The Balaban J connectivity index is 3.19. The van der Waals surface area contributed by atoms with Gasteiger partial charge in [0.25, 0.3) is 0 Å². The molecule has 0 fully saturated rings. The molecular formula is C10H8FNO3. The molecule has 78 valence electrons. The van der Waals surface area contributed by atoms with Gasteiger partial charge in [0.1, 0.15) is 11.6 Å². The summed E-state index contributed by atoms with van der Waals surface area (Å²) >= 11 is 0. The average molecular weight is 209 g/mol. The van der Waals surface area contributed by atoms with E-state index in [1.54, 1.807) is 13.0 Å². The van der Waals surface area contributed by atoms with Crippen LogP contribution in [0.1, 0.15) is 22.8 Å². The number of rotatable bonds is 2. The Morgan fingerprint density at radius 1 is 1.67 bits per heavy atom. The molecule has 1 rings (SSSR count). The Hall–Kier alpha value is -2.09. The lowest BCUT2D eigenvalue weighted by molar-refractivity contribution is 0.0522. The largest absolute Gasteiger partial charge is 0.504 e. The van der Waals surface area contributed by atoms with Crippen molar-refractivity contribution >= 4 is 5.97 Å². The number of benzene rings is 1. The van der Waals surface area contributed by atoms with Crippen molar-refractivity contribution in [2.45, 2.75) is 6.92 Å². The molecule has 0 saturated heterocycles. The van der Waals surface area contributed by atoms with Gasteiger partial charge in [0.05, 0.1) is 12.2 Å². The number of aromatic hydroxyl groups is 1. The van der Waals surface area contributed by atoms with Gasteiger partial charge in [-0.15, -0.1) is 0 Å². The van der Waals surface area contributed by atoms with E-state index < -0.39 is 17.5 Å². The lowest BCUT2D eigenvalue weighted by Crippen LogP contribution is -2.06. The molecule has 0 radical (unpaired) electrons. The number of nitriles is 1. The highest BCUT2D eigenvalue weighted by Crippen LogP contribution is 2.24. The third-order valence-corrected chi connectivity index (χ3v) is 1.73. The van der Waals surface area contributed by atoms with Gasteiger partial charge in [-0.2, -0.15) is 5.26 Å². The van der Waals surface area contributed by atoms with Crippen molar-refractivity contribution in [2.75, 3.05) is 6.61 Å². The lowest BCUT2D eigenvalue weighted by atomic mass is 10.1. The SMILES string of the molecule is CCOC(=O)c1ccc(C#N)c(F)c1O. The molecule has 4 nitrogen and oxygen atoms in total. The summed E-state index contributed by atoms with van der Waals surface area (Å²) in [5, 5.41) is 17.7. The van der Waals surface area contributed by atoms with E-state index in [9.17, 15) is 14.3 Å². The Kier molecular flexibility index (Phi) is 3.24. The second kappa shape index (κ2) is 4.42. The van der Waals surface area contributed by atoms with Crippen LogP contribution in [-0.4, -0.2) is 17.7 Å². The van der Waals surface area contributed by atoms with E-state index in [1.807, 2.05) is 0 Å². The van der Waals surface area contributed by atoms with Crippen molar-refractivity contribution < 1.29 is 19.0 Å². The molecule has 0 bridgehead atoms. The number of ether oxygens (including phenoxy) is 1. The summed E-state index contributed by atoms with van der Waals surface area (Å²) in [7, 11) is 0. The molecule has 5 heteroatoms. The van der Waals surface area contributed by atoms with Crippen LogP contribution in [0.3, 0.4) is 0 Å². The van der Waals surface area contributed by atoms with Crippen LogP contribution in [0.25, 0.3) is 0 Å². The summed E-state index contributed by atoms with van der Waals surface area (Å²) in [6.07, 6.45) is 0. The predicted octanol–water partition coefficient (Wildman–Crippen LogP) is 1.58. The van der Waals surface area contributed by atoms with E-state index in [1.165, 1.54) is 0 Å². The first-order valence-electron chi connectivity index (χ1n) is 4.20. The van der Waals surface area contributed by atoms with Crippen molar-refractivity contribution in [1.29, 1.82) is 5.26 Å². The quantitative estimate of drug-likeness (QED) is 0.750. The molecule has 0 unspecified atom stereocenters. The van der Waals surface area contributed by atoms with E-state index in [4.69, 9.17) is 5.26 Å². The molecule has 0 amide bonds. The first-order chi connectivity index (χ1) is 7.11. The molecule has 1 aromatic rings. The van der Waals surface area contributed by atoms with Crippen LogP contribution in [0.2, 0.25) is 0 Å². The van der Waals surface area contributed by atoms with Gasteiger partial charge in [-0.1, -0.05) is 0 Å². The van der Waals surface area contributed by atoms with Gasteiger partial charge in [0.2, 0.25) is 0 Å². The van der Waals surface area contributed by atoms with E-state index in [2.05, 4.69) is 4.74 Å². The molecule has 15 heavy (non-hydrogen) atoms. The molecule has 0 aromatic heterocycles. The number of carbonyl (C=O) groups is 1. The van der Waals surface area contributed by atoms with Gasteiger partial charge in [-0.3, -0.25) is 0 Å². The lowest BCUT2D eigenvalue weighted by Gasteiger charge is -2.05. The number of nitrogens with zero attached hydrogens (tertiary/aromatic N) is 1. The number of halogens is 1. The second-order valence-electron chi connectivity index (χ2n) is 2.66. The van der Waals surface area contributed by atoms with Crippen LogP contribution in [0.5, 0.6) is 5.75 Å². The highest BCUT2D eigenvalue weighted by Gasteiger charge is 2.18. The predicted molar refractivity (Wildman–Crippen MR) is 48.7 cm³/mol. The van der Waals surface area contributed by atoms with Gasteiger partial charge in [0.15, 0.2) is 11.6 Å². The van der Waals surface area contributed by atoms with Crippen molar-refractivity contribution in [3.05, 3.63) is 29.1 Å². The zero-order valence-corrected chi connectivity index (χ0v) is 7.95. The van der Waals surface area contributed by atoms with Gasteiger partial charge >= 0.3 is 5.97 Å². The monoisotopic (exact) mass is 209 g/mol. The summed E-state index contributed by atoms with van der Waals surface area (Å²) in [6, 6.07) is 3.81. The number of hydrogen-bond acceptors (Lipinski definition) is 4. The fourth-order valence-corrected chi connectivity index (χ4v) is 1.02. The number of phenols is 1. The summed E-state index contributed by atoms with van der Waals surface area (Å²) in [6.45, 7) is 1.72. The highest BCUT2D eigenvalue weighted by atomic mass is 19.1. The third-order valence-electron chi connectivity index (χ3n) is 1.73. The van der Waals surface area contributed by atoms with Crippen LogP contribution in [0.4, 0.5) is 4.39 Å². The molecule has 1 N–H and O–H groups in total.